The summed E-state index contributed by atoms with van der Waals surface area (Å²) < 4.78 is 0. The molecule has 4 amide bonds. The van der Waals surface area contributed by atoms with Crippen LogP contribution in [0.15, 0.2) is 18.2 Å². The maximum atomic E-state index is 13.0. The van der Waals surface area contributed by atoms with Crippen molar-refractivity contribution in [3.05, 3.63) is 29.3 Å². The van der Waals surface area contributed by atoms with E-state index in [1.54, 1.807) is 18.2 Å². The molecule has 1 atom stereocenters. The van der Waals surface area contributed by atoms with Gasteiger partial charge in [-0.15, -0.1) is 0 Å². The largest absolute Gasteiger partial charge is 0.384 e. The molecule has 0 radical (unpaired) electrons. The van der Waals surface area contributed by atoms with Crippen molar-refractivity contribution in [2.45, 2.75) is 38.6 Å². The van der Waals surface area contributed by atoms with E-state index < -0.39 is 23.8 Å². The number of hydrogen-bond donors (Lipinski definition) is 3. The minimum absolute atomic E-state index is 0.108. The molecule has 3 aliphatic rings. The van der Waals surface area contributed by atoms with Gasteiger partial charge in [-0.05, 0) is 49.3 Å². The average molecular weight is 384 g/mol. The highest BCUT2D eigenvalue weighted by atomic mass is 16.2. The van der Waals surface area contributed by atoms with Gasteiger partial charge in [0.15, 0.2) is 0 Å². The van der Waals surface area contributed by atoms with E-state index in [-0.39, 0.29) is 24.2 Å². The van der Waals surface area contributed by atoms with Gasteiger partial charge in [-0.1, -0.05) is 13.0 Å². The van der Waals surface area contributed by atoms with E-state index in [2.05, 4.69) is 17.6 Å². The van der Waals surface area contributed by atoms with E-state index in [4.69, 9.17) is 5.73 Å². The van der Waals surface area contributed by atoms with Gasteiger partial charge in [0.25, 0.3) is 11.8 Å². The van der Waals surface area contributed by atoms with Crippen molar-refractivity contribution in [1.82, 2.24) is 10.2 Å². The van der Waals surface area contributed by atoms with E-state index >= 15 is 0 Å². The van der Waals surface area contributed by atoms with Crippen molar-refractivity contribution in [2.24, 2.45) is 17.1 Å². The lowest BCUT2D eigenvalue weighted by Crippen LogP contribution is -2.54. The number of rotatable bonds is 5. The molecule has 1 saturated heterocycles. The Morgan fingerprint density at radius 2 is 1.96 bits per heavy atom. The zero-order valence-electron chi connectivity index (χ0n) is 15.8. The van der Waals surface area contributed by atoms with Crippen LogP contribution in [0.4, 0.5) is 5.69 Å². The molecule has 0 spiro atoms. The number of piperidine rings is 1. The van der Waals surface area contributed by atoms with Crippen LogP contribution in [0.2, 0.25) is 0 Å². The van der Waals surface area contributed by atoms with Crippen LogP contribution < -0.4 is 16.4 Å². The van der Waals surface area contributed by atoms with Gasteiger partial charge in [-0.25, -0.2) is 0 Å². The molecule has 2 fully saturated rings. The standard InChI is InChI=1S/C20H24N4O4/c1-20(10-21)7-11(8-20)9-22-13-4-2-3-12-16(13)19(28)24(18(12)27)14-5-6-15(25)23-17(14)26/h2-4,11,14,22H,5-10,21H2,1H3,(H,23,25,26). The van der Waals surface area contributed by atoms with Crippen LogP contribution in [-0.4, -0.2) is 47.7 Å². The number of carbonyl (C=O) groups is 4. The highest BCUT2D eigenvalue weighted by Gasteiger charge is 2.46. The predicted octanol–water partition coefficient (Wildman–Crippen LogP) is 0.875. The Labute approximate surface area is 162 Å². The molecule has 1 saturated carbocycles. The molecule has 1 unspecified atom stereocenters. The van der Waals surface area contributed by atoms with Crippen LogP contribution >= 0.6 is 0 Å². The first kappa shape index (κ1) is 18.6. The summed E-state index contributed by atoms with van der Waals surface area (Å²) in [7, 11) is 0. The summed E-state index contributed by atoms with van der Waals surface area (Å²) in [5.74, 6) is -1.49. The first-order valence-electron chi connectivity index (χ1n) is 9.61. The number of fused-ring (bicyclic) bond motifs is 1. The molecule has 1 aromatic rings. The van der Waals surface area contributed by atoms with Crippen molar-refractivity contribution in [1.29, 1.82) is 0 Å². The highest BCUT2D eigenvalue weighted by molar-refractivity contribution is 6.25. The zero-order valence-corrected chi connectivity index (χ0v) is 15.8. The molecule has 2 aliphatic heterocycles. The Morgan fingerprint density at radius 3 is 2.64 bits per heavy atom. The topological polar surface area (TPSA) is 122 Å². The smallest absolute Gasteiger partial charge is 0.264 e. The highest BCUT2D eigenvalue weighted by Crippen LogP contribution is 2.44. The zero-order chi connectivity index (χ0) is 20.1. The molecule has 8 nitrogen and oxygen atoms in total. The number of benzene rings is 1. The van der Waals surface area contributed by atoms with Gasteiger partial charge in [0, 0.05) is 18.7 Å². The summed E-state index contributed by atoms with van der Waals surface area (Å²) in [5.41, 5.74) is 7.18. The lowest BCUT2D eigenvalue weighted by atomic mass is 9.63. The lowest BCUT2D eigenvalue weighted by Gasteiger charge is -2.44. The summed E-state index contributed by atoms with van der Waals surface area (Å²) >= 11 is 0. The third-order valence-electron chi connectivity index (χ3n) is 6.11. The SMILES string of the molecule is CC1(CN)CC(CNc2cccc3c2C(=O)N(C2CCC(=O)NC2=O)C3=O)C1. The summed E-state index contributed by atoms with van der Waals surface area (Å²) in [5, 5.41) is 5.51. The second kappa shape index (κ2) is 6.70. The van der Waals surface area contributed by atoms with Crippen molar-refractivity contribution in [3.8, 4) is 0 Å². The van der Waals surface area contributed by atoms with Crippen LogP contribution in [0.5, 0.6) is 0 Å². The van der Waals surface area contributed by atoms with Gasteiger partial charge in [-0.3, -0.25) is 29.4 Å². The summed E-state index contributed by atoms with van der Waals surface area (Å²) in [6.07, 6.45) is 2.32. The number of hydrogen-bond acceptors (Lipinski definition) is 6. The van der Waals surface area contributed by atoms with Gasteiger partial charge in [0.2, 0.25) is 11.8 Å². The Morgan fingerprint density at radius 1 is 1.21 bits per heavy atom. The van der Waals surface area contributed by atoms with Crippen LogP contribution in [0, 0.1) is 11.3 Å². The number of carbonyl (C=O) groups excluding carboxylic acids is 4. The second-order valence-corrected chi connectivity index (χ2v) is 8.35. The predicted molar refractivity (Wildman–Crippen MR) is 101 cm³/mol. The monoisotopic (exact) mass is 384 g/mol. The van der Waals surface area contributed by atoms with E-state index in [1.807, 2.05) is 0 Å². The fourth-order valence-electron chi connectivity index (χ4n) is 4.56. The van der Waals surface area contributed by atoms with E-state index in [0.717, 1.165) is 17.7 Å². The molecule has 8 heteroatoms. The molecular formula is C20H24N4O4. The fourth-order valence-corrected chi connectivity index (χ4v) is 4.56. The number of nitrogens with zero attached hydrogens (tertiary/aromatic N) is 1. The molecule has 1 aromatic carbocycles. The molecule has 0 bridgehead atoms. The average Bonchev–Trinajstić information content (AvgIpc) is 2.89. The van der Waals surface area contributed by atoms with Gasteiger partial charge in [-0.2, -0.15) is 0 Å². The van der Waals surface area contributed by atoms with E-state index in [9.17, 15) is 19.2 Å². The second-order valence-electron chi connectivity index (χ2n) is 8.35. The van der Waals surface area contributed by atoms with Gasteiger partial charge in [0.05, 0.1) is 11.1 Å². The molecule has 4 rings (SSSR count). The van der Waals surface area contributed by atoms with Crippen molar-refractivity contribution in [3.63, 3.8) is 0 Å². The van der Waals surface area contributed by atoms with Crippen LogP contribution in [0.3, 0.4) is 0 Å². The van der Waals surface area contributed by atoms with Crippen LogP contribution in [0.1, 0.15) is 53.3 Å². The molecule has 28 heavy (non-hydrogen) atoms. The molecule has 1 aliphatic carbocycles. The van der Waals surface area contributed by atoms with E-state index in [0.29, 0.717) is 35.8 Å². The van der Waals surface area contributed by atoms with Crippen molar-refractivity contribution >= 4 is 29.3 Å². The maximum absolute atomic E-state index is 13.0. The van der Waals surface area contributed by atoms with Gasteiger partial charge in [0.1, 0.15) is 6.04 Å². The van der Waals surface area contributed by atoms with Crippen LogP contribution in [-0.2, 0) is 9.59 Å². The number of nitrogens with two attached hydrogens (primary N) is 1. The first-order valence-corrected chi connectivity index (χ1v) is 9.61. The summed E-state index contributed by atoms with van der Waals surface area (Å²) in [6.45, 7) is 3.54. The normalized spacial score (nSPS) is 29.4. The van der Waals surface area contributed by atoms with Crippen molar-refractivity contribution < 1.29 is 19.2 Å². The number of anilines is 1. The third kappa shape index (κ3) is 2.97. The Bertz CT molecular complexity index is 875. The number of amides is 4. The minimum Gasteiger partial charge on any atom is -0.384 e. The minimum atomic E-state index is -0.949. The van der Waals surface area contributed by atoms with Crippen LogP contribution in [0.25, 0.3) is 0 Å². The first-order chi connectivity index (χ1) is 13.3. The Balaban J connectivity index is 1.52. The quantitative estimate of drug-likeness (QED) is 0.648. The Kier molecular flexibility index (Phi) is 4.45. The molecule has 4 N–H and O–H groups in total. The number of imide groups is 2. The van der Waals surface area contributed by atoms with Crippen molar-refractivity contribution in [2.75, 3.05) is 18.4 Å². The fraction of sp³-hybridized carbons (Fsp3) is 0.500. The molecule has 148 valence electrons. The molecule has 0 aromatic heterocycles. The number of nitrogens with one attached hydrogen (secondary N) is 2. The van der Waals surface area contributed by atoms with E-state index in [1.165, 1.54) is 0 Å². The summed E-state index contributed by atoms with van der Waals surface area (Å²) in [4.78, 5) is 50.4. The maximum Gasteiger partial charge on any atom is 0.264 e. The summed E-state index contributed by atoms with van der Waals surface area (Å²) in [6, 6.07) is 4.15. The molecular weight excluding hydrogens is 360 g/mol. The third-order valence-corrected chi connectivity index (χ3v) is 6.11. The van der Waals surface area contributed by atoms with Gasteiger partial charge >= 0.3 is 0 Å². The molecule has 2 heterocycles. The lowest BCUT2D eigenvalue weighted by molar-refractivity contribution is -0.136. The van der Waals surface area contributed by atoms with Gasteiger partial charge < -0.3 is 11.1 Å². The Hall–Kier alpha value is -2.74.